The van der Waals surface area contributed by atoms with Gasteiger partial charge >= 0.3 is 11.8 Å². The van der Waals surface area contributed by atoms with E-state index in [2.05, 4.69) is 10.6 Å². The predicted molar refractivity (Wildman–Crippen MR) is 201 cm³/mol. The van der Waals surface area contributed by atoms with E-state index in [1.54, 1.807) is 24.1 Å². The van der Waals surface area contributed by atoms with Crippen molar-refractivity contribution in [3.8, 4) is 28.3 Å². The topological polar surface area (TPSA) is 154 Å². The summed E-state index contributed by atoms with van der Waals surface area (Å²) in [6.45, 7) is 4.51. The maximum absolute atomic E-state index is 13.5. The van der Waals surface area contributed by atoms with Crippen molar-refractivity contribution in [1.82, 2.24) is 24.3 Å². The minimum atomic E-state index is -0.694. The van der Waals surface area contributed by atoms with Crippen LogP contribution in [0.3, 0.4) is 0 Å². The van der Waals surface area contributed by atoms with Crippen LogP contribution in [0, 0.1) is 6.92 Å². The summed E-state index contributed by atoms with van der Waals surface area (Å²) in [7, 11) is 4.35. The maximum atomic E-state index is 13.5. The molecule has 2 aromatic carbocycles. The van der Waals surface area contributed by atoms with Gasteiger partial charge in [0.2, 0.25) is 11.8 Å². The van der Waals surface area contributed by atoms with Crippen molar-refractivity contribution in [2.45, 2.75) is 64.5 Å². The molecule has 0 bridgehead atoms. The number of anilines is 1. The van der Waals surface area contributed by atoms with Gasteiger partial charge in [-0.1, -0.05) is 55.3 Å². The molecular formula is C39H43ClN6O7. The standard InChI is InChI=1S/C39H43ClN6O7/c1-6-7-18-53-39(51)46(20-24-15-17-32(47)41-24)31-16-14-23-19-30(43-36(52-5)33(23)31)27-12-8-11-26(34(27)40)25-10-9-13-29(22(25)2)42-35(48)28-21-44(3)38(50)45(4)37(28)49/h8-13,19,21,24,31H,6-7,14-18,20H2,1-5H3,(H,41,47)(H,42,48)/t24?,31-/m1/s1. The zero-order valence-corrected chi connectivity index (χ0v) is 31.2. The number of methoxy groups -OCH3 is 1. The van der Waals surface area contributed by atoms with Crippen LogP contribution >= 0.6 is 11.6 Å². The van der Waals surface area contributed by atoms with Gasteiger partial charge in [0.1, 0.15) is 5.56 Å². The summed E-state index contributed by atoms with van der Waals surface area (Å²) in [6.07, 6.45) is 4.82. The average Bonchev–Trinajstić information content (AvgIpc) is 3.77. The Hall–Kier alpha value is -5.43. The van der Waals surface area contributed by atoms with Crippen molar-refractivity contribution >= 4 is 35.2 Å². The molecule has 6 rings (SSSR count). The van der Waals surface area contributed by atoms with Crippen LogP contribution in [0.4, 0.5) is 10.5 Å². The molecule has 14 heteroatoms. The Morgan fingerprint density at radius 3 is 2.51 bits per heavy atom. The number of amides is 3. The first kappa shape index (κ1) is 37.3. The minimum absolute atomic E-state index is 0.0239. The highest BCUT2D eigenvalue weighted by Gasteiger charge is 2.38. The zero-order chi connectivity index (χ0) is 38.0. The molecule has 0 saturated carbocycles. The van der Waals surface area contributed by atoms with E-state index in [4.69, 9.17) is 26.1 Å². The fraction of sp³-hybridized carbons (Fsp3) is 0.385. The number of unbranched alkanes of at least 4 members (excludes halogenated alkanes) is 1. The zero-order valence-electron chi connectivity index (χ0n) is 30.5. The number of halogens is 1. The Kier molecular flexibility index (Phi) is 11.0. The van der Waals surface area contributed by atoms with Crippen molar-refractivity contribution in [1.29, 1.82) is 0 Å². The van der Waals surface area contributed by atoms with Crippen LogP contribution in [0.1, 0.15) is 72.1 Å². The lowest BCUT2D eigenvalue weighted by molar-refractivity contribution is -0.119. The summed E-state index contributed by atoms with van der Waals surface area (Å²) in [5, 5.41) is 6.24. The largest absolute Gasteiger partial charge is 0.481 e. The molecule has 1 saturated heterocycles. The fourth-order valence-electron chi connectivity index (χ4n) is 7.11. The highest BCUT2D eigenvalue weighted by Crippen LogP contribution is 2.45. The number of benzene rings is 2. The van der Waals surface area contributed by atoms with Crippen LogP contribution in [-0.2, 0) is 30.0 Å². The monoisotopic (exact) mass is 742 g/mol. The number of fused-ring (bicyclic) bond motifs is 1. The molecule has 2 aliphatic rings. The molecular weight excluding hydrogens is 700 g/mol. The summed E-state index contributed by atoms with van der Waals surface area (Å²) < 4.78 is 13.6. The van der Waals surface area contributed by atoms with Crippen molar-refractivity contribution in [3.63, 3.8) is 0 Å². The second-order valence-corrected chi connectivity index (χ2v) is 13.8. The van der Waals surface area contributed by atoms with Gasteiger partial charge in [-0.25, -0.2) is 14.6 Å². The van der Waals surface area contributed by atoms with Gasteiger partial charge in [-0.15, -0.1) is 0 Å². The lowest BCUT2D eigenvalue weighted by Gasteiger charge is -2.31. The number of nitrogens with one attached hydrogen (secondary N) is 2. The summed E-state index contributed by atoms with van der Waals surface area (Å²) >= 11 is 7.16. The normalized spacial score (nSPS) is 16.2. The van der Waals surface area contributed by atoms with Gasteiger partial charge in [0, 0.05) is 61.7 Å². The van der Waals surface area contributed by atoms with Crippen molar-refractivity contribution in [3.05, 3.63) is 96.8 Å². The summed E-state index contributed by atoms with van der Waals surface area (Å²) in [6, 6.07) is 12.5. The molecule has 0 spiro atoms. The molecule has 3 amide bonds. The number of hydrogen-bond acceptors (Lipinski definition) is 8. The molecule has 0 radical (unpaired) electrons. The van der Waals surface area contributed by atoms with Crippen LogP contribution in [0.2, 0.25) is 5.02 Å². The first-order valence-electron chi connectivity index (χ1n) is 17.7. The number of rotatable bonds is 11. The highest BCUT2D eigenvalue weighted by atomic mass is 35.5. The Balaban J connectivity index is 1.32. The van der Waals surface area contributed by atoms with E-state index in [1.807, 2.05) is 44.2 Å². The average molecular weight is 743 g/mol. The Bertz CT molecular complexity index is 2210. The SMILES string of the molecule is CCCCOC(=O)N(CC1CCC(=O)N1)[C@@H]1CCc2cc(-c3cccc(-c4cccc(NC(=O)c5cn(C)c(=O)n(C)c5=O)c4C)c3Cl)nc(OC)c21. The number of pyridine rings is 1. The smallest absolute Gasteiger partial charge is 0.410 e. The third kappa shape index (κ3) is 7.43. The quantitative estimate of drug-likeness (QED) is 0.190. The van der Waals surface area contributed by atoms with Gasteiger partial charge in [0.05, 0.1) is 30.5 Å². The lowest BCUT2D eigenvalue weighted by Crippen LogP contribution is -2.43. The number of aryl methyl sites for hydroxylation is 2. The predicted octanol–water partition coefficient (Wildman–Crippen LogP) is 5.54. The molecule has 2 N–H and O–H groups in total. The lowest BCUT2D eigenvalue weighted by atomic mass is 9.96. The molecule has 3 heterocycles. The van der Waals surface area contributed by atoms with Gasteiger partial charge in [-0.05, 0) is 61.4 Å². The number of carbonyl (C=O) groups excluding carboxylic acids is 3. The van der Waals surface area contributed by atoms with Gasteiger partial charge in [-0.2, -0.15) is 0 Å². The van der Waals surface area contributed by atoms with E-state index in [1.165, 1.54) is 24.9 Å². The number of nitrogens with zero attached hydrogens (tertiary/aromatic N) is 4. The van der Waals surface area contributed by atoms with Gasteiger partial charge in [0.25, 0.3) is 11.5 Å². The van der Waals surface area contributed by atoms with Crippen LogP contribution in [0.25, 0.3) is 22.4 Å². The van der Waals surface area contributed by atoms with E-state index in [0.29, 0.717) is 77.8 Å². The van der Waals surface area contributed by atoms with Crippen LogP contribution in [-0.4, -0.2) is 63.2 Å². The second kappa shape index (κ2) is 15.7. The Morgan fingerprint density at radius 1 is 1.06 bits per heavy atom. The van der Waals surface area contributed by atoms with Gasteiger partial charge in [0.15, 0.2) is 0 Å². The highest BCUT2D eigenvalue weighted by molar-refractivity contribution is 6.36. The second-order valence-electron chi connectivity index (χ2n) is 13.5. The van der Waals surface area contributed by atoms with Crippen LogP contribution in [0.15, 0.2) is 58.3 Å². The molecule has 278 valence electrons. The fourth-order valence-corrected chi connectivity index (χ4v) is 7.43. The van der Waals surface area contributed by atoms with Crippen molar-refractivity contribution in [2.75, 3.05) is 25.6 Å². The number of hydrogen-bond donors (Lipinski definition) is 2. The van der Waals surface area contributed by atoms with E-state index < -0.39 is 23.2 Å². The van der Waals surface area contributed by atoms with Gasteiger partial charge < -0.3 is 24.7 Å². The van der Waals surface area contributed by atoms with E-state index in [0.717, 1.165) is 34.1 Å². The van der Waals surface area contributed by atoms with Crippen molar-refractivity contribution in [2.24, 2.45) is 14.1 Å². The molecule has 1 aliphatic carbocycles. The summed E-state index contributed by atoms with van der Waals surface area (Å²) in [5.74, 6) is -0.285. The first-order chi connectivity index (χ1) is 25.4. The van der Waals surface area contributed by atoms with E-state index in [9.17, 15) is 24.0 Å². The third-order valence-electron chi connectivity index (χ3n) is 10.00. The number of aromatic nitrogens is 3. The summed E-state index contributed by atoms with van der Waals surface area (Å²) in [4.78, 5) is 70.2. The number of ether oxygens (including phenoxy) is 2. The minimum Gasteiger partial charge on any atom is -0.481 e. The van der Waals surface area contributed by atoms with Crippen LogP contribution in [0.5, 0.6) is 5.88 Å². The third-order valence-corrected chi connectivity index (χ3v) is 10.4. The van der Waals surface area contributed by atoms with E-state index >= 15 is 0 Å². The molecule has 13 nitrogen and oxygen atoms in total. The summed E-state index contributed by atoms with van der Waals surface area (Å²) in [5.41, 5.74) is 4.31. The first-order valence-corrected chi connectivity index (χ1v) is 18.1. The van der Waals surface area contributed by atoms with Crippen molar-refractivity contribution < 1.29 is 23.9 Å². The number of carbonyl (C=O) groups is 3. The van der Waals surface area contributed by atoms with E-state index in [-0.39, 0.29) is 23.6 Å². The molecule has 2 atom stereocenters. The molecule has 1 aliphatic heterocycles. The molecule has 1 unspecified atom stereocenters. The maximum Gasteiger partial charge on any atom is 0.410 e. The van der Waals surface area contributed by atoms with Gasteiger partial charge in [-0.3, -0.25) is 23.9 Å². The molecule has 1 fully saturated rings. The molecule has 4 aromatic rings. The molecule has 2 aromatic heterocycles. The Labute approximate surface area is 311 Å². The molecule has 53 heavy (non-hydrogen) atoms. The van der Waals surface area contributed by atoms with Crippen LogP contribution < -0.4 is 26.6 Å². The Morgan fingerprint density at radius 2 is 1.79 bits per heavy atom.